The molecule has 2 fully saturated rings. The minimum absolute atomic E-state index is 0.0935. The maximum Gasteiger partial charge on any atom is 0.217 e. The van der Waals surface area contributed by atoms with Crippen LogP contribution in [0.25, 0.3) is 0 Å². The highest BCUT2D eigenvalue weighted by Gasteiger charge is 2.36. The molecular formula is C10H18BrNO2S. The van der Waals surface area contributed by atoms with Gasteiger partial charge in [-0.15, -0.1) is 0 Å². The summed E-state index contributed by atoms with van der Waals surface area (Å²) in [5.41, 5.74) is 0. The van der Waals surface area contributed by atoms with Gasteiger partial charge in [0.2, 0.25) is 10.0 Å². The van der Waals surface area contributed by atoms with Crippen LogP contribution in [0.1, 0.15) is 38.5 Å². The normalized spacial score (nSPS) is 30.9. The number of rotatable bonds is 2. The highest BCUT2D eigenvalue weighted by Crippen LogP contribution is 2.29. The Bertz CT molecular complexity index is 301. The van der Waals surface area contributed by atoms with Gasteiger partial charge in [-0.2, -0.15) is 0 Å². The molecule has 0 bridgehead atoms. The molecule has 0 amide bonds. The molecule has 5 heteroatoms. The van der Waals surface area contributed by atoms with Gasteiger partial charge in [-0.3, -0.25) is 0 Å². The van der Waals surface area contributed by atoms with Crippen molar-refractivity contribution in [2.75, 3.05) is 13.1 Å². The van der Waals surface area contributed by atoms with Crippen molar-refractivity contribution < 1.29 is 8.42 Å². The molecule has 15 heavy (non-hydrogen) atoms. The van der Waals surface area contributed by atoms with E-state index in [0.29, 0.717) is 17.9 Å². The van der Waals surface area contributed by atoms with E-state index in [0.717, 1.165) is 32.1 Å². The van der Waals surface area contributed by atoms with Crippen molar-refractivity contribution in [3.05, 3.63) is 0 Å². The summed E-state index contributed by atoms with van der Waals surface area (Å²) in [6.07, 6.45) is 6.04. The molecule has 0 N–H and O–H groups in total. The third-order valence-electron chi connectivity index (χ3n) is 3.43. The van der Waals surface area contributed by atoms with Crippen molar-refractivity contribution in [2.24, 2.45) is 0 Å². The van der Waals surface area contributed by atoms with Crippen molar-refractivity contribution in [3.8, 4) is 0 Å². The second-order valence-electron chi connectivity index (χ2n) is 4.55. The maximum absolute atomic E-state index is 12.2. The van der Waals surface area contributed by atoms with Gasteiger partial charge in [0.05, 0.1) is 5.25 Å². The van der Waals surface area contributed by atoms with Crippen LogP contribution in [0.5, 0.6) is 0 Å². The molecule has 2 rings (SSSR count). The van der Waals surface area contributed by atoms with Crippen LogP contribution in [-0.4, -0.2) is 35.9 Å². The number of nitrogens with zero attached hydrogens (tertiary/aromatic N) is 1. The van der Waals surface area contributed by atoms with Crippen molar-refractivity contribution in [1.29, 1.82) is 0 Å². The molecule has 0 aromatic rings. The molecule has 1 aliphatic heterocycles. The van der Waals surface area contributed by atoms with Gasteiger partial charge < -0.3 is 0 Å². The van der Waals surface area contributed by atoms with E-state index in [4.69, 9.17) is 0 Å². The van der Waals surface area contributed by atoms with E-state index in [2.05, 4.69) is 15.9 Å². The Balaban J connectivity index is 2.05. The summed E-state index contributed by atoms with van der Waals surface area (Å²) in [4.78, 5) is 0.357. The minimum Gasteiger partial charge on any atom is -0.212 e. The number of halogens is 1. The monoisotopic (exact) mass is 295 g/mol. The lowest BCUT2D eigenvalue weighted by atomic mass is 10.0. The molecule has 1 unspecified atom stereocenters. The fourth-order valence-corrected chi connectivity index (χ4v) is 5.34. The van der Waals surface area contributed by atoms with Crippen LogP contribution >= 0.6 is 15.9 Å². The summed E-state index contributed by atoms with van der Waals surface area (Å²) < 4.78 is 26.2. The van der Waals surface area contributed by atoms with Gasteiger partial charge in [0, 0.05) is 17.9 Å². The van der Waals surface area contributed by atoms with E-state index in [-0.39, 0.29) is 5.25 Å². The molecule has 0 radical (unpaired) electrons. The van der Waals surface area contributed by atoms with Crippen molar-refractivity contribution in [2.45, 2.75) is 48.6 Å². The summed E-state index contributed by atoms with van der Waals surface area (Å²) in [6.45, 7) is 1.37. The highest BCUT2D eigenvalue weighted by atomic mass is 79.9. The molecule has 3 nitrogen and oxygen atoms in total. The first-order valence-electron chi connectivity index (χ1n) is 5.74. The molecule has 0 aromatic carbocycles. The SMILES string of the molecule is O=S(=O)(C1CCCCC1)N1CCC(Br)C1. The van der Waals surface area contributed by atoms with E-state index in [1.165, 1.54) is 6.42 Å². The Kier molecular flexibility index (Phi) is 3.73. The molecule has 2 aliphatic rings. The molecule has 1 atom stereocenters. The molecule has 1 heterocycles. The Morgan fingerprint density at radius 2 is 1.73 bits per heavy atom. The molecule has 1 aliphatic carbocycles. The molecule has 88 valence electrons. The Morgan fingerprint density at radius 3 is 2.27 bits per heavy atom. The Labute approximate surface area is 100 Å². The average molecular weight is 296 g/mol. The van der Waals surface area contributed by atoms with Crippen LogP contribution in [-0.2, 0) is 10.0 Å². The average Bonchev–Trinajstić information content (AvgIpc) is 2.67. The third kappa shape index (κ3) is 2.56. The second-order valence-corrected chi connectivity index (χ2v) is 8.06. The number of alkyl halides is 1. The molecule has 1 saturated heterocycles. The first-order valence-corrected chi connectivity index (χ1v) is 8.15. The van der Waals surface area contributed by atoms with Crippen LogP contribution < -0.4 is 0 Å². The first kappa shape index (κ1) is 11.9. The molecular weight excluding hydrogens is 278 g/mol. The fourth-order valence-electron chi connectivity index (χ4n) is 2.49. The zero-order valence-corrected chi connectivity index (χ0v) is 11.3. The van der Waals surface area contributed by atoms with Gasteiger partial charge in [-0.1, -0.05) is 35.2 Å². The largest absolute Gasteiger partial charge is 0.217 e. The summed E-state index contributed by atoms with van der Waals surface area (Å²) in [5, 5.41) is -0.0935. The molecule has 0 aromatic heterocycles. The van der Waals surface area contributed by atoms with E-state index < -0.39 is 10.0 Å². The zero-order valence-electron chi connectivity index (χ0n) is 8.86. The lowest BCUT2D eigenvalue weighted by Gasteiger charge is -2.26. The van der Waals surface area contributed by atoms with Crippen molar-refractivity contribution in [3.63, 3.8) is 0 Å². The number of hydrogen-bond acceptors (Lipinski definition) is 2. The third-order valence-corrected chi connectivity index (χ3v) is 6.54. The van der Waals surface area contributed by atoms with Gasteiger partial charge >= 0.3 is 0 Å². The van der Waals surface area contributed by atoms with E-state index >= 15 is 0 Å². The maximum atomic E-state index is 12.2. The Hall–Kier alpha value is 0.390. The van der Waals surface area contributed by atoms with Gasteiger partial charge in [-0.05, 0) is 19.3 Å². The van der Waals surface area contributed by atoms with Crippen molar-refractivity contribution >= 4 is 26.0 Å². The lowest BCUT2D eigenvalue weighted by Crippen LogP contribution is -2.38. The highest BCUT2D eigenvalue weighted by molar-refractivity contribution is 9.09. The smallest absolute Gasteiger partial charge is 0.212 e. The minimum atomic E-state index is -2.99. The first-order chi connectivity index (χ1) is 7.10. The lowest BCUT2D eigenvalue weighted by molar-refractivity contribution is 0.429. The predicted octanol–water partition coefficient (Wildman–Crippen LogP) is 2.12. The van der Waals surface area contributed by atoms with Crippen LogP contribution in [0.2, 0.25) is 0 Å². The predicted molar refractivity (Wildman–Crippen MR) is 64.7 cm³/mol. The summed E-state index contributed by atoms with van der Waals surface area (Å²) in [6, 6.07) is 0. The van der Waals surface area contributed by atoms with Crippen LogP contribution in [0.3, 0.4) is 0 Å². The van der Waals surface area contributed by atoms with Crippen molar-refractivity contribution in [1.82, 2.24) is 4.31 Å². The molecule has 0 spiro atoms. The summed E-state index contributed by atoms with van der Waals surface area (Å²) in [5.74, 6) is 0. The summed E-state index contributed by atoms with van der Waals surface area (Å²) in [7, 11) is -2.99. The zero-order chi connectivity index (χ0) is 10.9. The van der Waals surface area contributed by atoms with Gasteiger partial charge in [0.15, 0.2) is 0 Å². The van der Waals surface area contributed by atoms with E-state index in [1.54, 1.807) is 4.31 Å². The van der Waals surface area contributed by atoms with Gasteiger partial charge in [0.1, 0.15) is 0 Å². The van der Waals surface area contributed by atoms with E-state index in [9.17, 15) is 8.42 Å². The number of hydrogen-bond donors (Lipinski definition) is 0. The van der Waals surface area contributed by atoms with Gasteiger partial charge in [-0.25, -0.2) is 12.7 Å². The number of sulfonamides is 1. The van der Waals surface area contributed by atoms with E-state index in [1.807, 2.05) is 0 Å². The standard InChI is InChI=1S/C10H18BrNO2S/c11-9-6-7-12(8-9)15(13,14)10-4-2-1-3-5-10/h9-10H,1-8H2. The van der Waals surface area contributed by atoms with Crippen LogP contribution in [0.4, 0.5) is 0 Å². The molecule has 1 saturated carbocycles. The summed E-state index contributed by atoms with van der Waals surface area (Å²) >= 11 is 3.49. The van der Waals surface area contributed by atoms with Gasteiger partial charge in [0.25, 0.3) is 0 Å². The van der Waals surface area contributed by atoms with Crippen LogP contribution in [0, 0.1) is 0 Å². The Morgan fingerprint density at radius 1 is 1.07 bits per heavy atom. The quantitative estimate of drug-likeness (QED) is 0.732. The van der Waals surface area contributed by atoms with Crippen LogP contribution in [0.15, 0.2) is 0 Å². The topological polar surface area (TPSA) is 37.4 Å². The fraction of sp³-hybridized carbons (Fsp3) is 1.00. The second kappa shape index (κ2) is 4.72.